The number of halogens is 1. The molecule has 32 heavy (non-hydrogen) atoms. The summed E-state index contributed by atoms with van der Waals surface area (Å²) < 4.78 is 12.0. The van der Waals surface area contributed by atoms with Gasteiger partial charge in [0.1, 0.15) is 6.61 Å². The average molecular weight is 498 g/mol. The number of urea groups is 1. The number of benzene rings is 3. The van der Waals surface area contributed by atoms with Crippen LogP contribution in [0.15, 0.2) is 76.3 Å². The highest BCUT2D eigenvalue weighted by Crippen LogP contribution is 2.28. The van der Waals surface area contributed by atoms with Crippen molar-refractivity contribution in [2.45, 2.75) is 6.61 Å². The number of nitrogens with zero attached hydrogens (tertiary/aromatic N) is 1. The summed E-state index contributed by atoms with van der Waals surface area (Å²) in [7, 11) is 1.52. The monoisotopic (exact) mass is 497 g/mol. The van der Waals surface area contributed by atoms with Gasteiger partial charge in [0.05, 0.1) is 18.9 Å². The van der Waals surface area contributed by atoms with E-state index in [9.17, 15) is 9.59 Å². The predicted octanol–water partition coefficient (Wildman–Crippen LogP) is 4.89. The standard InChI is InChI=1S/C23H20BrN3O5/c1-31-21-11-16(13-25-27-23(30)26-19-4-2-3-18(24)12-19)7-10-20(21)32-14-15-5-8-17(9-6-15)22(28)29/h2-13H,14H2,1H3,(H,28,29)(H2,26,27,30)/b25-13+. The minimum Gasteiger partial charge on any atom is -0.493 e. The summed E-state index contributed by atoms with van der Waals surface area (Å²) in [6.07, 6.45) is 1.48. The summed E-state index contributed by atoms with van der Waals surface area (Å²) in [5.74, 6) is 0.0403. The maximum atomic E-state index is 11.9. The van der Waals surface area contributed by atoms with Gasteiger partial charge in [-0.2, -0.15) is 5.10 Å². The van der Waals surface area contributed by atoms with Crippen molar-refractivity contribution in [2.24, 2.45) is 5.10 Å². The number of anilines is 1. The van der Waals surface area contributed by atoms with Gasteiger partial charge in [0.15, 0.2) is 11.5 Å². The number of carboxylic acid groups (broad SMARTS) is 1. The Morgan fingerprint density at radius 3 is 2.53 bits per heavy atom. The van der Waals surface area contributed by atoms with Crippen molar-refractivity contribution in [2.75, 3.05) is 12.4 Å². The Hall–Kier alpha value is -3.85. The Bertz CT molecular complexity index is 1130. The van der Waals surface area contributed by atoms with Crippen LogP contribution in [0.2, 0.25) is 0 Å². The van der Waals surface area contributed by atoms with Crippen LogP contribution >= 0.6 is 15.9 Å². The van der Waals surface area contributed by atoms with Gasteiger partial charge in [0.25, 0.3) is 0 Å². The fraction of sp³-hybridized carbons (Fsp3) is 0.0870. The number of carbonyl (C=O) groups excluding carboxylic acids is 1. The van der Waals surface area contributed by atoms with Gasteiger partial charge in [-0.15, -0.1) is 0 Å². The Morgan fingerprint density at radius 1 is 1.06 bits per heavy atom. The summed E-state index contributed by atoms with van der Waals surface area (Å²) in [6.45, 7) is 0.251. The molecule has 3 N–H and O–H groups in total. The fourth-order valence-corrected chi connectivity index (χ4v) is 3.08. The van der Waals surface area contributed by atoms with Crippen LogP contribution in [0.25, 0.3) is 0 Å². The van der Waals surface area contributed by atoms with Crippen molar-refractivity contribution < 1.29 is 24.2 Å². The summed E-state index contributed by atoms with van der Waals surface area (Å²) in [6, 6.07) is 18.4. The highest BCUT2D eigenvalue weighted by Gasteiger charge is 2.07. The van der Waals surface area contributed by atoms with Gasteiger partial charge in [-0.1, -0.05) is 34.1 Å². The number of carboxylic acids is 1. The number of hydrogen-bond donors (Lipinski definition) is 3. The van der Waals surface area contributed by atoms with E-state index in [1.807, 2.05) is 12.1 Å². The maximum absolute atomic E-state index is 11.9. The molecule has 9 heteroatoms. The number of amides is 2. The van der Waals surface area contributed by atoms with Gasteiger partial charge in [0, 0.05) is 10.2 Å². The number of carbonyl (C=O) groups is 2. The molecule has 0 atom stereocenters. The second kappa shape index (κ2) is 11.0. The van der Waals surface area contributed by atoms with E-state index < -0.39 is 12.0 Å². The second-order valence-electron chi connectivity index (χ2n) is 6.54. The van der Waals surface area contributed by atoms with Gasteiger partial charge in [-0.25, -0.2) is 15.0 Å². The van der Waals surface area contributed by atoms with Gasteiger partial charge in [-0.3, -0.25) is 0 Å². The first-order chi connectivity index (χ1) is 15.4. The third-order valence-electron chi connectivity index (χ3n) is 4.25. The van der Waals surface area contributed by atoms with E-state index in [1.54, 1.807) is 42.5 Å². The van der Waals surface area contributed by atoms with Gasteiger partial charge in [-0.05, 0) is 59.7 Å². The van der Waals surface area contributed by atoms with Crippen LogP contribution < -0.4 is 20.2 Å². The average Bonchev–Trinajstić information content (AvgIpc) is 2.78. The lowest BCUT2D eigenvalue weighted by Crippen LogP contribution is -2.24. The third-order valence-corrected chi connectivity index (χ3v) is 4.74. The molecular formula is C23H20BrN3O5. The van der Waals surface area contributed by atoms with E-state index in [0.29, 0.717) is 22.7 Å². The first-order valence-electron chi connectivity index (χ1n) is 9.43. The molecule has 164 valence electrons. The molecule has 3 rings (SSSR count). The number of rotatable bonds is 8. The van der Waals surface area contributed by atoms with Crippen LogP contribution in [0.4, 0.5) is 10.5 Å². The molecule has 0 fully saturated rings. The SMILES string of the molecule is COc1cc(/C=N/NC(=O)Nc2cccc(Br)c2)ccc1OCc1ccc(C(=O)O)cc1. The van der Waals surface area contributed by atoms with Crippen molar-refractivity contribution in [3.63, 3.8) is 0 Å². The Labute approximate surface area is 193 Å². The quantitative estimate of drug-likeness (QED) is 0.303. The minimum atomic E-state index is -0.975. The van der Waals surface area contributed by atoms with Crippen molar-refractivity contribution in [3.05, 3.63) is 87.9 Å². The first-order valence-corrected chi connectivity index (χ1v) is 10.2. The summed E-state index contributed by atoms with van der Waals surface area (Å²) in [4.78, 5) is 22.9. The Morgan fingerprint density at radius 2 is 1.84 bits per heavy atom. The molecule has 0 spiro atoms. The number of methoxy groups -OCH3 is 1. The molecule has 0 bridgehead atoms. The zero-order valence-corrected chi connectivity index (χ0v) is 18.6. The van der Waals surface area contributed by atoms with Crippen molar-refractivity contribution >= 4 is 39.8 Å². The molecule has 3 aromatic carbocycles. The van der Waals surface area contributed by atoms with Crippen LogP contribution in [0, 0.1) is 0 Å². The summed E-state index contributed by atoms with van der Waals surface area (Å²) >= 11 is 3.34. The van der Waals surface area contributed by atoms with Crippen molar-refractivity contribution in [3.8, 4) is 11.5 Å². The van der Waals surface area contributed by atoms with E-state index >= 15 is 0 Å². The van der Waals surface area contributed by atoms with Crippen LogP contribution in [0.1, 0.15) is 21.5 Å². The molecule has 0 unspecified atom stereocenters. The van der Waals surface area contributed by atoms with Crippen LogP contribution in [-0.2, 0) is 6.61 Å². The molecule has 0 aliphatic heterocycles. The van der Waals surface area contributed by atoms with Gasteiger partial charge in [0.2, 0.25) is 0 Å². The topological polar surface area (TPSA) is 109 Å². The normalized spacial score (nSPS) is 10.6. The lowest BCUT2D eigenvalue weighted by Gasteiger charge is -2.11. The molecule has 0 radical (unpaired) electrons. The zero-order valence-electron chi connectivity index (χ0n) is 17.0. The number of aromatic carboxylic acids is 1. The molecule has 3 aromatic rings. The summed E-state index contributed by atoms with van der Waals surface area (Å²) in [5.41, 5.74) is 4.77. The van der Waals surface area contributed by atoms with E-state index in [1.165, 1.54) is 25.5 Å². The van der Waals surface area contributed by atoms with E-state index in [2.05, 4.69) is 31.8 Å². The van der Waals surface area contributed by atoms with Crippen LogP contribution in [-0.4, -0.2) is 30.4 Å². The molecule has 0 saturated carbocycles. The molecular weight excluding hydrogens is 478 g/mol. The molecule has 0 saturated heterocycles. The number of hydrazone groups is 1. The lowest BCUT2D eigenvalue weighted by molar-refractivity contribution is 0.0696. The van der Waals surface area contributed by atoms with Crippen molar-refractivity contribution in [1.82, 2.24) is 5.43 Å². The highest BCUT2D eigenvalue weighted by molar-refractivity contribution is 9.10. The van der Waals surface area contributed by atoms with Crippen LogP contribution in [0.5, 0.6) is 11.5 Å². The number of nitrogens with one attached hydrogen (secondary N) is 2. The molecule has 8 nitrogen and oxygen atoms in total. The molecule has 0 aromatic heterocycles. The Balaban J connectivity index is 1.56. The van der Waals surface area contributed by atoms with E-state index in [0.717, 1.165) is 10.0 Å². The molecule has 2 amide bonds. The smallest absolute Gasteiger partial charge is 0.339 e. The lowest BCUT2D eigenvalue weighted by atomic mass is 10.1. The van der Waals surface area contributed by atoms with Gasteiger partial charge < -0.3 is 19.9 Å². The molecule has 0 aliphatic carbocycles. The first kappa shape index (κ1) is 22.8. The number of ether oxygens (including phenoxy) is 2. The largest absolute Gasteiger partial charge is 0.493 e. The molecule has 0 heterocycles. The maximum Gasteiger partial charge on any atom is 0.339 e. The number of hydrogen-bond acceptors (Lipinski definition) is 5. The van der Waals surface area contributed by atoms with Crippen molar-refractivity contribution in [1.29, 1.82) is 0 Å². The molecule has 0 aliphatic rings. The zero-order chi connectivity index (χ0) is 22.9. The van der Waals surface area contributed by atoms with Gasteiger partial charge >= 0.3 is 12.0 Å². The predicted molar refractivity (Wildman–Crippen MR) is 125 cm³/mol. The minimum absolute atomic E-state index is 0.217. The third kappa shape index (κ3) is 6.58. The Kier molecular flexibility index (Phi) is 7.82. The summed E-state index contributed by atoms with van der Waals surface area (Å²) in [5, 5.41) is 15.6. The van der Waals surface area contributed by atoms with E-state index in [-0.39, 0.29) is 12.2 Å². The second-order valence-corrected chi connectivity index (χ2v) is 7.45. The van der Waals surface area contributed by atoms with Crippen LogP contribution in [0.3, 0.4) is 0 Å². The highest BCUT2D eigenvalue weighted by atomic mass is 79.9. The fourth-order valence-electron chi connectivity index (χ4n) is 2.68. The van der Waals surface area contributed by atoms with E-state index in [4.69, 9.17) is 14.6 Å².